The molecule has 17 heavy (non-hydrogen) atoms. The Morgan fingerprint density at radius 2 is 1.88 bits per heavy atom. The average molecular weight is 235 g/mol. The van der Waals surface area contributed by atoms with Gasteiger partial charge in [-0.3, -0.25) is 4.79 Å². The number of hydrogen-bond donors (Lipinski definition) is 0. The molecule has 0 atom stereocenters. The molecule has 1 aliphatic heterocycles. The molecule has 1 aromatic rings. The molecule has 0 saturated carbocycles. The molecule has 0 unspecified atom stereocenters. The van der Waals surface area contributed by atoms with Crippen molar-refractivity contribution in [3.05, 3.63) is 29.8 Å². The maximum atomic E-state index is 11.8. The zero-order chi connectivity index (χ0) is 12.5. The van der Waals surface area contributed by atoms with Crippen molar-refractivity contribution in [3.63, 3.8) is 0 Å². The number of benzene rings is 1. The first kappa shape index (κ1) is 11.9. The van der Waals surface area contributed by atoms with Gasteiger partial charge in [0.05, 0.1) is 20.3 Å². The number of carbonyl (C=O) groups is 1. The molecule has 0 aliphatic carbocycles. The zero-order valence-electron chi connectivity index (χ0n) is 10.4. The number of esters is 1. The monoisotopic (exact) mass is 235 g/mol. The molecule has 0 amide bonds. The van der Waals surface area contributed by atoms with Crippen LogP contribution in [0.5, 0.6) is 0 Å². The van der Waals surface area contributed by atoms with E-state index in [4.69, 9.17) is 9.47 Å². The molecule has 0 spiro atoms. The van der Waals surface area contributed by atoms with Crippen LogP contribution in [0.25, 0.3) is 0 Å². The van der Waals surface area contributed by atoms with Crippen LogP contribution in [-0.2, 0) is 19.7 Å². The molecule has 0 aromatic heterocycles. The lowest BCUT2D eigenvalue weighted by molar-refractivity contribution is -0.166. The number of carbonyl (C=O) groups excluding carboxylic acids is 1. The molecular weight excluding hydrogens is 218 g/mol. The minimum atomic E-state index is -0.598. The van der Waals surface area contributed by atoms with Crippen molar-refractivity contribution in [2.75, 3.05) is 39.3 Å². The van der Waals surface area contributed by atoms with Crippen LogP contribution < -0.4 is 4.90 Å². The van der Waals surface area contributed by atoms with Gasteiger partial charge in [0.2, 0.25) is 0 Å². The van der Waals surface area contributed by atoms with E-state index in [1.54, 1.807) is 0 Å². The number of rotatable bonds is 3. The van der Waals surface area contributed by atoms with Gasteiger partial charge >= 0.3 is 5.97 Å². The van der Waals surface area contributed by atoms with Crippen LogP contribution >= 0.6 is 0 Å². The smallest absolute Gasteiger partial charge is 0.321 e. The second kappa shape index (κ2) is 4.37. The standard InChI is InChI=1S/C13H17NO3/c1-14(2)11-6-4-10(5-7-11)13(8-17-9-13)12(15)16-3/h4-7H,8-9H2,1-3H3. The van der Waals surface area contributed by atoms with Gasteiger partial charge in [0.1, 0.15) is 5.41 Å². The lowest BCUT2D eigenvalue weighted by Gasteiger charge is -2.39. The number of ether oxygens (including phenoxy) is 2. The first-order chi connectivity index (χ1) is 8.10. The highest BCUT2D eigenvalue weighted by atomic mass is 16.5. The Morgan fingerprint density at radius 3 is 2.24 bits per heavy atom. The summed E-state index contributed by atoms with van der Waals surface area (Å²) in [5.41, 5.74) is 1.47. The highest BCUT2D eigenvalue weighted by Gasteiger charge is 2.48. The molecule has 1 heterocycles. The zero-order valence-corrected chi connectivity index (χ0v) is 10.4. The van der Waals surface area contributed by atoms with Gasteiger partial charge in [-0.1, -0.05) is 12.1 Å². The van der Waals surface area contributed by atoms with Crippen molar-refractivity contribution in [1.82, 2.24) is 0 Å². The van der Waals surface area contributed by atoms with E-state index in [2.05, 4.69) is 0 Å². The Labute approximate surface area is 101 Å². The summed E-state index contributed by atoms with van der Waals surface area (Å²) in [6.45, 7) is 0.808. The van der Waals surface area contributed by atoms with Crippen molar-refractivity contribution < 1.29 is 14.3 Å². The lowest BCUT2D eigenvalue weighted by Crippen LogP contribution is -2.53. The number of methoxy groups -OCH3 is 1. The van der Waals surface area contributed by atoms with Crippen LogP contribution in [0.15, 0.2) is 24.3 Å². The summed E-state index contributed by atoms with van der Waals surface area (Å²) in [4.78, 5) is 13.8. The quantitative estimate of drug-likeness (QED) is 0.738. The second-order valence-electron chi connectivity index (χ2n) is 4.51. The third kappa shape index (κ3) is 1.89. The fourth-order valence-corrected chi connectivity index (χ4v) is 1.98. The van der Waals surface area contributed by atoms with E-state index in [0.717, 1.165) is 11.3 Å². The third-order valence-electron chi connectivity index (χ3n) is 3.21. The molecule has 0 radical (unpaired) electrons. The summed E-state index contributed by atoms with van der Waals surface area (Å²) in [5, 5.41) is 0. The van der Waals surface area contributed by atoms with E-state index < -0.39 is 5.41 Å². The van der Waals surface area contributed by atoms with Crippen molar-refractivity contribution in [2.24, 2.45) is 0 Å². The SMILES string of the molecule is COC(=O)C1(c2ccc(N(C)C)cc2)COC1. The molecule has 0 N–H and O–H groups in total. The molecule has 2 rings (SSSR count). The first-order valence-electron chi connectivity index (χ1n) is 5.54. The Morgan fingerprint density at radius 1 is 1.29 bits per heavy atom. The highest BCUT2D eigenvalue weighted by molar-refractivity contribution is 5.84. The second-order valence-corrected chi connectivity index (χ2v) is 4.51. The molecule has 4 nitrogen and oxygen atoms in total. The summed E-state index contributed by atoms with van der Waals surface area (Å²) >= 11 is 0. The van der Waals surface area contributed by atoms with E-state index in [1.165, 1.54) is 7.11 Å². The van der Waals surface area contributed by atoms with E-state index in [-0.39, 0.29) is 5.97 Å². The van der Waals surface area contributed by atoms with Crippen LogP contribution in [0.4, 0.5) is 5.69 Å². The normalized spacial score (nSPS) is 17.1. The lowest BCUT2D eigenvalue weighted by atomic mass is 9.78. The minimum Gasteiger partial charge on any atom is -0.468 e. The fourth-order valence-electron chi connectivity index (χ4n) is 1.98. The van der Waals surface area contributed by atoms with Crippen LogP contribution in [0.2, 0.25) is 0 Å². The predicted molar refractivity (Wildman–Crippen MR) is 65.3 cm³/mol. The Hall–Kier alpha value is -1.55. The molecule has 1 saturated heterocycles. The van der Waals surface area contributed by atoms with Gasteiger partial charge < -0.3 is 14.4 Å². The van der Waals surface area contributed by atoms with E-state index in [1.807, 2.05) is 43.3 Å². The van der Waals surface area contributed by atoms with Crippen LogP contribution in [0, 0.1) is 0 Å². The van der Waals surface area contributed by atoms with Crippen LogP contribution in [-0.4, -0.2) is 40.4 Å². The van der Waals surface area contributed by atoms with Gasteiger partial charge in [-0.25, -0.2) is 0 Å². The summed E-state index contributed by atoms with van der Waals surface area (Å²) in [7, 11) is 5.38. The first-order valence-corrected chi connectivity index (χ1v) is 5.54. The van der Waals surface area contributed by atoms with Crippen LogP contribution in [0.3, 0.4) is 0 Å². The maximum absolute atomic E-state index is 11.8. The van der Waals surface area contributed by atoms with Crippen molar-refractivity contribution in [2.45, 2.75) is 5.41 Å². The number of hydrogen-bond acceptors (Lipinski definition) is 4. The van der Waals surface area contributed by atoms with Gasteiger partial charge in [0.15, 0.2) is 0 Å². The summed E-state index contributed by atoms with van der Waals surface area (Å²) in [5.74, 6) is -0.221. The molecule has 4 heteroatoms. The van der Waals surface area contributed by atoms with E-state index in [0.29, 0.717) is 13.2 Å². The van der Waals surface area contributed by atoms with Crippen molar-refractivity contribution in [3.8, 4) is 0 Å². The fraction of sp³-hybridized carbons (Fsp3) is 0.462. The minimum absolute atomic E-state index is 0.221. The molecular formula is C13H17NO3. The van der Waals surface area contributed by atoms with Gasteiger partial charge in [-0.2, -0.15) is 0 Å². The molecule has 1 fully saturated rings. The van der Waals surface area contributed by atoms with Gasteiger partial charge in [-0.05, 0) is 17.7 Å². The molecule has 92 valence electrons. The van der Waals surface area contributed by atoms with E-state index >= 15 is 0 Å². The Bertz CT molecular complexity index is 407. The van der Waals surface area contributed by atoms with E-state index in [9.17, 15) is 4.79 Å². The number of nitrogens with zero attached hydrogens (tertiary/aromatic N) is 1. The molecule has 0 bridgehead atoms. The van der Waals surface area contributed by atoms with Gasteiger partial charge in [0, 0.05) is 19.8 Å². The summed E-state index contributed by atoms with van der Waals surface area (Å²) < 4.78 is 10.0. The largest absolute Gasteiger partial charge is 0.468 e. The van der Waals surface area contributed by atoms with Gasteiger partial charge in [-0.15, -0.1) is 0 Å². The highest BCUT2D eigenvalue weighted by Crippen LogP contribution is 2.34. The topological polar surface area (TPSA) is 38.8 Å². The Kier molecular flexibility index (Phi) is 3.07. The van der Waals surface area contributed by atoms with Crippen molar-refractivity contribution >= 4 is 11.7 Å². The maximum Gasteiger partial charge on any atom is 0.321 e. The average Bonchev–Trinajstić information content (AvgIpc) is 2.28. The number of anilines is 1. The van der Waals surface area contributed by atoms with Gasteiger partial charge in [0.25, 0.3) is 0 Å². The predicted octanol–water partition coefficient (Wildman–Crippen LogP) is 1.19. The molecule has 1 aromatic carbocycles. The molecule has 1 aliphatic rings. The summed E-state index contributed by atoms with van der Waals surface area (Å²) in [6.07, 6.45) is 0. The Balaban J connectivity index is 2.29. The van der Waals surface area contributed by atoms with Crippen molar-refractivity contribution in [1.29, 1.82) is 0 Å². The third-order valence-corrected chi connectivity index (χ3v) is 3.21. The summed E-state index contributed by atoms with van der Waals surface area (Å²) in [6, 6.07) is 7.93. The van der Waals surface area contributed by atoms with Crippen LogP contribution in [0.1, 0.15) is 5.56 Å².